The summed E-state index contributed by atoms with van der Waals surface area (Å²) in [5.74, 6) is 0.554. The fraction of sp³-hybridized carbons (Fsp3) is 0.100. The molecule has 0 radical (unpaired) electrons. The summed E-state index contributed by atoms with van der Waals surface area (Å²) in [4.78, 5) is 0. The van der Waals surface area contributed by atoms with Crippen LogP contribution in [0.5, 0.6) is 5.75 Å². The van der Waals surface area contributed by atoms with Crippen molar-refractivity contribution in [2.75, 3.05) is 5.73 Å². The number of hydrogen-bond acceptors (Lipinski definition) is 2. The lowest BCUT2D eigenvalue weighted by atomic mass is 9.60. The van der Waals surface area contributed by atoms with Crippen LogP contribution in [0.1, 0.15) is 45.2 Å². The molecule has 22 heavy (non-hydrogen) atoms. The van der Waals surface area contributed by atoms with Crippen LogP contribution in [-0.2, 0) is 0 Å². The number of rotatable bonds is 0. The van der Waals surface area contributed by atoms with Crippen LogP contribution in [0, 0.1) is 0 Å². The second kappa shape index (κ2) is 3.92. The zero-order chi connectivity index (χ0) is 14.8. The zero-order valence-corrected chi connectivity index (χ0v) is 12.0. The molecule has 106 valence electrons. The fourth-order valence-corrected chi connectivity index (χ4v) is 4.30. The van der Waals surface area contributed by atoms with Crippen molar-refractivity contribution in [3.05, 3.63) is 94.0 Å². The molecule has 0 heterocycles. The van der Waals surface area contributed by atoms with Gasteiger partial charge in [-0.25, -0.2) is 0 Å². The highest BCUT2D eigenvalue weighted by molar-refractivity contribution is 5.75. The predicted molar refractivity (Wildman–Crippen MR) is 87.3 cm³/mol. The van der Waals surface area contributed by atoms with E-state index in [0.29, 0.717) is 5.75 Å². The Hall–Kier alpha value is -2.74. The third-order valence-corrected chi connectivity index (χ3v) is 5.11. The summed E-state index contributed by atoms with van der Waals surface area (Å²) in [5, 5.41) is 10.5. The van der Waals surface area contributed by atoms with Crippen LogP contribution < -0.4 is 5.73 Å². The standard InChI is InChI=1S/C20H15NO/c21-15-9-10-16(22)20-18-13-7-3-1-5-11(13)17(19(15)20)12-6-2-4-8-14(12)18/h1-10,17-18,22H,21H2. The van der Waals surface area contributed by atoms with Crippen LogP contribution in [0.25, 0.3) is 0 Å². The Bertz CT molecular complexity index is 806. The van der Waals surface area contributed by atoms with E-state index in [9.17, 15) is 5.11 Å². The van der Waals surface area contributed by atoms with Crippen LogP contribution in [0.4, 0.5) is 5.69 Å². The van der Waals surface area contributed by atoms with Gasteiger partial charge in [-0.15, -0.1) is 0 Å². The van der Waals surface area contributed by atoms with Crippen molar-refractivity contribution >= 4 is 5.69 Å². The highest BCUT2D eigenvalue weighted by Crippen LogP contribution is 2.58. The maximum Gasteiger partial charge on any atom is 0.120 e. The number of phenolic OH excluding ortho intramolecular Hbond substituents is 1. The number of nitrogen functional groups attached to an aromatic ring is 1. The Balaban J connectivity index is 1.96. The summed E-state index contributed by atoms with van der Waals surface area (Å²) in [6.45, 7) is 0. The monoisotopic (exact) mass is 285 g/mol. The molecule has 0 amide bonds. The van der Waals surface area contributed by atoms with Gasteiger partial charge in [0, 0.05) is 23.1 Å². The van der Waals surface area contributed by atoms with Crippen LogP contribution in [-0.4, -0.2) is 5.11 Å². The molecule has 2 heteroatoms. The zero-order valence-electron chi connectivity index (χ0n) is 12.0. The average Bonchev–Trinajstić information content (AvgIpc) is 2.58. The van der Waals surface area contributed by atoms with Crippen molar-refractivity contribution in [3.8, 4) is 5.75 Å². The lowest BCUT2D eigenvalue weighted by Crippen LogP contribution is -2.28. The smallest absolute Gasteiger partial charge is 0.120 e. The van der Waals surface area contributed by atoms with Crippen molar-refractivity contribution in [1.29, 1.82) is 0 Å². The van der Waals surface area contributed by atoms with E-state index in [1.165, 1.54) is 22.3 Å². The highest BCUT2D eigenvalue weighted by Gasteiger charge is 2.43. The minimum Gasteiger partial charge on any atom is -0.508 e. The van der Waals surface area contributed by atoms with E-state index < -0.39 is 0 Å². The van der Waals surface area contributed by atoms with Crippen LogP contribution in [0.15, 0.2) is 60.7 Å². The van der Waals surface area contributed by atoms with E-state index in [0.717, 1.165) is 16.8 Å². The van der Waals surface area contributed by atoms with Gasteiger partial charge in [-0.2, -0.15) is 0 Å². The van der Waals surface area contributed by atoms with E-state index in [-0.39, 0.29) is 11.8 Å². The van der Waals surface area contributed by atoms with Crippen LogP contribution in [0.2, 0.25) is 0 Å². The molecule has 6 rings (SSSR count). The quantitative estimate of drug-likeness (QED) is 0.334. The van der Waals surface area contributed by atoms with Gasteiger partial charge in [0.2, 0.25) is 0 Å². The molecule has 0 aromatic heterocycles. The molecular weight excluding hydrogens is 270 g/mol. The van der Waals surface area contributed by atoms with Gasteiger partial charge in [0.05, 0.1) is 0 Å². The molecule has 3 aromatic carbocycles. The molecule has 0 unspecified atom stereocenters. The molecule has 0 saturated carbocycles. The molecular formula is C20H15NO. The summed E-state index contributed by atoms with van der Waals surface area (Å²) in [5.41, 5.74) is 14.4. The molecule has 0 spiro atoms. The van der Waals surface area contributed by atoms with Gasteiger partial charge in [0.15, 0.2) is 0 Å². The summed E-state index contributed by atoms with van der Waals surface area (Å²) >= 11 is 0. The summed E-state index contributed by atoms with van der Waals surface area (Å²) in [6.07, 6.45) is 0. The van der Waals surface area contributed by atoms with Gasteiger partial charge < -0.3 is 10.8 Å². The SMILES string of the molecule is Nc1ccc(O)c2c1C1c3ccccc3C2c2ccccc21. The van der Waals surface area contributed by atoms with Crippen molar-refractivity contribution in [1.82, 2.24) is 0 Å². The van der Waals surface area contributed by atoms with E-state index in [4.69, 9.17) is 5.73 Å². The Morgan fingerprint density at radius 1 is 0.636 bits per heavy atom. The third-order valence-electron chi connectivity index (χ3n) is 5.11. The van der Waals surface area contributed by atoms with Crippen molar-refractivity contribution < 1.29 is 5.11 Å². The second-order valence-corrected chi connectivity index (χ2v) is 6.13. The van der Waals surface area contributed by atoms with Gasteiger partial charge in [-0.1, -0.05) is 48.5 Å². The minimum atomic E-state index is 0.0795. The number of anilines is 1. The molecule has 2 bridgehead atoms. The van der Waals surface area contributed by atoms with Gasteiger partial charge in [0.1, 0.15) is 5.75 Å². The number of aromatic hydroxyl groups is 1. The molecule has 2 nitrogen and oxygen atoms in total. The van der Waals surface area contributed by atoms with E-state index in [1.54, 1.807) is 6.07 Å². The Morgan fingerprint density at radius 2 is 1.09 bits per heavy atom. The number of benzene rings is 3. The largest absolute Gasteiger partial charge is 0.508 e. The van der Waals surface area contributed by atoms with Crippen molar-refractivity contribution in [2.24, 2.45) is 0 Å². The molecule has 0 atom stereocenters. The maximum absolute atomic E-state index is 10.5. The molecule has 3 aromatic rings. The Morgan fingerprint density at radius 3 is 1.59 bits per heavy atom. The first-order valence-corrected chi connectivity index (χ1v) is 7.56. The maximum atomic E-state index is 10.5. The second-order valence-electron chi connectivity index (χ2n) is 6.13. The minimum absolute atomic E-state index is 0.0795. The van der Waals surface area contributed by atoms with Gasteiger partial charge >= 0.3 is 0 Å². The van der Waals surface area contributed by atoms with E-state index >= 15 is 0 Å². The summed E-state index contributed by atoms with van der Waals surface area (Å²) in [7, 11) is 0. The molecule has 3 aliphatic carbocycles. The van der Waals surface area contributed by atoms with Gasteiger partial charge in [-0.3, -0.25) is 0 Å². The lowest BCUT2D eigenvalue weighted by Gasteiger charge is -2.42. The number of phenols is 1. The molecule has 0 saturated heterocycles. The molecule has 3 aliphatic rings. The van der Waals surface area contributed by atoms with Crippen molar-refractivity contribution in [2.45, 2.75) is 11.8 Å². The Labute approximate surface area is 128 Å². The first kappa shape index (κ1) is 11.9. The van der Waals surface area contributed by atoms with E-state index in [2.05, 4.69) is 48.5 Å². The van der Waals surface area contributed by atoms with Gasteiger partial charge in [-0.05, 0) is 39.9 Å². The summed E-state index contributed by atoms with van der Waals surface area (Å²) < 4.78 is 0. The number of nitrogens with two attached hydrogens (primary N) is 1. The summed E-state index contributed by atoms with van der Waals surface area (Å²) in [6, 6.07) is 20.6. The normalized spacial score (nSPS) is 20.2. The third kappa shape index (κ3) is 1.26. The predicted octanol–water partition coefficient (Wildman–Crippen LogP) is 3.96. The molecule has 0 fully saturated rings. The first-order chi connectivity index (χ1) is 10.8. The van der Waals surface area contributed by atoms with Crippen molar-refractivity contribution in [3.63, 3.8) is 0 Å². The first-order valence-electron chi connectivity index (χ1n) is 7.56. The topological polar surface area (TPSA) is 46.2 Å². The average molecular weight is 285 g/mol. The Kier molecular flexibility index (Phi) is 2.11. The van der Waals surface area contributed by atoms with E-state index in [1.807, 2.05) is 6.07 Å². The van der Waals surface area contributed by atoms with Crippen LogP contribution in [0.3, 0.4) is 0 Å². The fourth-order valence-electron chi connectivity index (χ4n) is 4.30. The molecule has 3 N–H and O–H groups in total. The number of hydrogen-bond donors (Lipinski definition) is 2. The molecule has 0 aliphatic heterocycles. The van der Waals surface area contributed by atoms with Crippen LogP contribution >= 0.6 is 0 Å². The highest BCUT2D eigenvalue weighted by atomic mass is 16.3. The lowest BCUT2D eigenvalue weighted by molar-refractivity contribution is 0.463. The van der Waals surface area contributed by atoms with Gasteiger partial charge in [0.25, 0.3) is 0 Å².